The summed E-state index contributed by atoms with van der Waals surface area (Å²) in [6.45, 7) is 6.54. The lowest BCUT2D eigenvalue weighted by molar-refractivity contribution is 0.766. The van der Waals surface area contributed by atoms with Crippen molar-refractivity contribution in [1.82, 2.24) is 0 Å². The van der Waals surface area contributed by atoms with E-state index in [4.69, 9.17) is 0 Å². The molecule has 0 heterocycles. The summed E-state index contributed by atoms with van der Waals surface area (Å²) in [6, 6.07) is 33.9. The Balaban J connectivity index is 1.98. The molecule has 0 saturated heterocycles. The number of fused-ring (bicyclic) bond motifs is 3. The molecular weight excluding hydrogens is 336 g/mol. The molecule has 0 nitrogen and oxygen atoms in total. The average Bonchev–Trinajstić information content (AvgIpc) is 2.99. The number of rotatable bonds is 2. The monoisotopic (exact) mass is 360 g/mol. The summed E-state index contributed by atoms with van der Waals surface area (Å²) in [7, 11) is 0. The van der Waals surface area contributed by atoms with Gasteiger partial charge in [-0.3, -0.25) is 0 Å². The standard InChI is InChI=1S/C28H24/c1-19-9-13-23(14-10-19)28(22-7-5-4-6-8-22)26-17-20(2)11-15-24(26)25-16-12-21(3)18-27(25)28/h4-18H,1-3H3. The van der Waals surface area contributed by atoms with Gasteiger partial charge in [0.2, 0.25) is 0 Å². The van der Waals surface area contributed by atoms with Crippen LogP contribution in [0.3, 0.4) is 0 Å². The third kappa shape index (κ3) is 2.31. The first kappa shape index (κ1) is 17.0. The minimum atomic E-state index is -0.280. The molecule has 0 aliphatic heterocycles. The molecule has 0 amide bonds. The van der Waals surface area contributed by atoms with E-state index in [0.29, 0.717) is 0 Å². The lowest BCUT2D eigenvalue weighted by Crippen LogP contribution is -2.28. The molecule has 0 heteroatoms. The normalized spacial score (nSPS) is 13.8. The van der Waals surface area contributed by atoms with E-state index < -0.39 is 0 Å². The van der Waals surface area contributed by atoms with E-state index in [1.54, 1.807) is 0 Å². The maximum absolute atomic E-state index is 2.39. The van der Waals surface area contributed by atoms with E-state index in [1.165, 1.54) is 50.1 Å². The second-order valence-electron chi connectivity index (χ2n) is 8.08. The highest BCUT2D eigenvalue weighted by atomic mass is 14.5. The van der Waals surface area contributed by atoms with Gasteiger partial charge in [-0.25, -0.2) is 0 Å². The van der Waals surface area contributed by atoms with Crippen molar-refractivity contribution in [3.63, 3.8) is 0 Å². The quantitative estimate of drug-likeness (QED) is 0.319. The van der Waals surface area contributed by atoms with E-state index in [1.807, 2.05) is 0 Å². The van der Waals surface area contributed by atoms with Gasteiger partial charge in [0.1, 0.15) is 0 Å². The lowest BCUT2D eigenvalue weighted by Gasteiger charge is -2.34. The van der Waals surface area contributed by atoms with Crippen molar-refractivity contribution >= 4 is 0 Å². The summed E-state index contributed by atoms with van der Waals surface area (Å²) in [5.41, 5.74) is 11.8. The molecule has 1 aliphatic carbocycles. The fraction of sp³-hybridized carbons (Fsp3) is 0.143. The minimum absolute atomic E-state index is 0.280. The van der Waals surface area contributed by atoms with E-state index >= 15 is 0 Å². The summed E-state index contributed by atoms with van der Waals surface area (Å²) in [4.78, 5) is 0. The first-order chi connectivity index (χ1) is 13.6. The van der Waals surface area contributed by atoms with Crippen LogP contribution in [-0.2, 0) is 5.41 Å². The topological polar surface area (TPSA) is 0 Å². The van der Waals surface area contributed by atoms with Crippen molar-refractivity contribution in [3.05, 3.63) is 130 Å². The Bertz CT molecular complexity index is 1110. The van der Waals surface area contributed by atoms with Crippen LogP contribution in [0.25, 0.3) is 11.1 Å². The van der Waals surface area contributed by atoms with Crippen molar-refractivity contribution in [2.75, 3.05) is 0 Å². The summed E-state index contributed by atoms with van der Waals surface area (Å²) < 4.78 is 0. The molecule has 0 spiro atoms. The van der Waals surface area contributed by atoms with Gasteiger partial charge in [0.25, 0.3) is 0 Å². The van der Waals surface area contributed by atoms with E-state index in [-0.39, 0.29) is 5.41 Å². The van der Waals surface area contributed by atoms with Crippen molar-refractivity contribution in [1.29, 1.82) is 0 Å². The lowest BCUT2D eigenvalue weighted by atomic mass is 9.67. The van der Waals surface area contributed by atoms with Gasteiger partial charge in [0.15, 0.2) is 0 Å². The van der Waals surface area contributed by atoms with Crippen LogP contribution in [0.2, 0.25) is 0 Å². The zero-order chi connectivity index (χ0) is 19.3. The van der Waals surface area contributed by atoms with Crippen LogP contribution < -0.4 is 0 Å². The molecular formula is C28H24. The third-order valence-electron chi connectivity index (χ3n) is 6.14. The first-order valence-electron chi connectivity index (χ1n) is 9.96. The van der Waals surface area contributed by atoms with Crippen LogP contribution >= 0.6 is 0 Å². The SMILES string of the molecule is Cc1ccc(C2(c3ccccc3)c3cc(C)ccc3-c3ccc(C)cc32)cc1. The molecule has 0 bridgehead atoms. The van der Waals surface area contributed by atoms with Crippen molar-refractivity contribution in [2.24, 2.45) is 0 Å². The van der Waals surface area contributed by atoms with Gasteiger partial charge in [-0.2, -0.15) is 0 Å². The Labute approximate surface area is 167 Å². The maximum Gasteiger partial charge on any atom is 0.0713 e. The van der Waals surface area contributed by atoms with Crippen LogP contribution in [0.1, 0.15) is 38.9 Å². The predicted molar refractivity (Wildman–Crippen MR) is 118 cm³/mol. The highest BCUT2D eigenvalue weighted by Gasteiger charge is 2.46. The molecule has 28 heavy (non-hydrogen) atoms. The van der Waals surface area contributed by atoms with Gasteiger partial charge in [-0.05, 0) is 54.2 Å². The van der Waals surface area contributed by atoms with Gasteiger partial charge in [-0.15, -0.1) is 0 Å². The Morgan fingerprint density at radius 2 is 0.929 bits per heavy atom. The van der Waals surface area contributed by atoms with Gasteiger partial charge < -0.3 is 0 Å². The summed E-state index contributed by atoms with van der Waals surface area (Å²) >= 11 is 0. The molecule has 0 saturated carbocycles. The number of benzene rings is 4. The van der Waals surface area contributed by atoms with Crippen LogP contribution in [0, 0.1) is 20.8 Å². The van der Waals surface area contributed by atoms with Gasteiger partial charge in [0, 0.05) is 0 Å². The van der Waals surface area contributed by atoms with Crippen LogP contribution in [0.5, 0.6) is 0 Å². The molecule has 5 rings (SSSR count). The zero-order valence-electron chi connectivity index (χ0n) is 16.7. The largest absolute Gasteiger partial charge is 0.0713 e. The number of aryl methyl sites for hydroxylation is 3. The minimum Gasteiger partial charge on any atom is -0.0622 e. The molecule has 0 unspecified atom stereocenters. The molecule has 4 aromatic rings. The highest BCUT2D eigenvalue weighted by Crippen LogP contribution is 2.56. The predicted octanol–water partition coefficient (Wildman–Crippen LogP) is 6.97. The van der Waals surface area contributed by atoms with Gasteiger partial charge >= 0.3 is 0 Å². The van der Waals surface area contributed by atoms with Gasteiger partial charge in [0.05, 0.1) is 5.41 Å². The first-order valence-corrected chi connectivity index (χ1v) is 9.96. The second kappa shape index (κ2) is 6.21. The molecule has 1 aliphatic rings. The van der Waals surface area contributed by atoms with E-state index in [9.17, 15) is 0 Å². The summed E-state index contributed by atoms with van der Waals surface area (Å²) in [5.74, 6) is 0. The second-order valence-corrected chi connectivity index (χ2v) is 8.08. The Morgan fingerprint density at radius 1 is 0.464 bits per heavy atom. The summed E-state index contributed by atoms with van der Waals surface area (Å²) in [5, 5.41) is 0. The fourth-order valence-corrected chi connectivity index (χ4v) is 4.83. The smallest absolute Gasteiger partial charge is 0.0622 e. The van der Waals surface area contributed by atoms with E-state index in [2.05, 4.69) is 112 Å². The molecule has 0 atom stereocenters. The third-order valence-corrected chi connectivity index (χ3v) is 6.14. The molecule has 0 fully saturated rings. The maximum atomic E-state index is 2.39. The zero-order valence-corrected chi connectivity index (χ0v) is 16.7. The van der Waals surface area contributed by atoms with Gasteiger partial charge in [-0.1, -0.05) is 108 Å². The molecule has 0 N–H and O–H groups in total. The van der Waals surface area contributed by atoms with Crippen molar-refractivity contribution in [2.45, 2.75) is 26.2 Å². The fourth-order valence-electron chi connectivity index (χ4n) is 4.83. The van der Waals surface area contributed by atoms with Crippen molar-refractivity contribution < 1.29 is 0 Å². The Hall–Kier alpha value is -3.12. The Morgan fingerprint density at radius 3 is 1.46 bits per heavy atom. The Kier molecular flexibility index (Phi) is 3.77. The van der Waals surface area contributed by atoms with Crippen LogP contribution in [-0.4, -0.2) is 0 Å². The van der Waals surface area contributed by atoms with Crippen LogP contribution in [0.15, 0.2) is 91.0 Å². The molecule has 4 aromatic carbocycles. The molecule has 0 aromatic heterocycles. The molecule has 0 radical (unpaired) electrons. The number of hydrogen-bond acceptors (Lipinski definition) is 0. The van der Waals surface area contributed by atoms with E-state index in [0.717, 1.165) is 0 Å². The highest BCUT2D eigenvalue weighted by molar-refractivity contribution is 5.86. The molecule has 136 valence electrons. The summed E-state index contributed by atoms with van der Waals surface area (Å²) in [6.07, 6.45) is 0. The number of hydrogen-bond donors (Lipinski definition) is 0. The van der Waals surface area contributed by atoms with Crippen LogP contribution in [0.4, 0.5) is 0 Å². The average molecular weight is 361 g/mol. The van der Waals surface area contributed by atoms with Crippen molar-refractivity contribution in [3.8, 4) is 11.1 Å².